The zero-order valence-electron chi connectivity index (χ0n) is 32.7. The minimum atomic E-state index is -3.56. The summed E-state index contributed by atoms with van der Waals surface area (Å²) in [6.45, 7) is 14.8. The van der Waals surface area contributed by atoms with Crippen LogP contribution in [0.15, 0.2) is 12.7 Å². The van der Waals surface area contributed by atoms with Crippen LogP contribution in [0.5, 0.6) is 0 Å². The third-order valence-electron chi connectivity index (χ3n) is 13.4. The molecule has 0 aromatic rings. The van der Waals surface area contributed by atoms with Gasteiger partial charge in [0.15, 0.2) is 21.4 Å². The lowest BCUT2D eigenvalue weighted by atomic mass is 9.75. The summed E-state index contributed by atoms with van der Waals surface area (Å²) in [6, 6.07) is -2.28. The first kappa shape index (κ1) is 40.6. The van der Waals surface area contributed by atoms with Crippen molar-refractivity contribution in [2.24, 2.45) is 34.5 Å². The maximum absolute atomic E-state index is 14.8. The van der Waals surface area contributed by atoms with Gasteiger partial charge >= 0.3 is 6.03 Å². The number of hydrogen-bond donors (Lipinski definition) is 2. The molecule has 0 aromatic heterocycles. The van der Waals surface area contributed by atoms with Gasteiger partial charge in [0.2, 0.25) is 11.7 Å². The molecule has 3 amide bonds. The van der Waals surface area contributed by atoms with E-state index >= 15 is 0 Å². The van der Waals surface area contributed by atoms with Gasteiger partial charge < -0.3 is 15.5 Å². The molecule has 0 bridgehead atoms. The van der Waals surface area contributed by atoms with Crippen LogP contribution in [0.25, 0.3) is 0 Å². The molecule has 292 valence electrons. The van der Waals surface area contributed by atoms with Crippen molar-refractivity contribution in [1.82, 2.24) is 15.5 Å². The third kappa shape index (κ3) is 8.70. The van der Waals surface area contributed by atoms with Crippen molar-refractivity contribution in [2.45, 2.75) is 167 Å². The molecule has 1 unspecified atom stereocenters. The van der Waals surface area contributed by atoms with Gasteiger partial charge in [-0.15, -0.1) is 6.58 Å². The number of nitrogens with zero attached hydrogens (tertiary/aromatic N) is 1. The molecule has 4 aliphatic carbocycles. The van der Waals surface area contributed by atoms with Crippen LogP contribution in [0.1, 0.15) is 144 Å². The summed E-state index contributed by atoms with van der Waals surface area (Å²) in [5, 5.41) is 6.03. The largest absolute Gasteiger partial charge is 0.332 e. The van der Waals surface area contributed by atoms with Crippen LogP contribution >= 0.6 is 0 Å². The second-order valence-corrected chi connectivity index (χ2v) is 22.0. The van der Waals surface area contributed by atoms with Gasteiger partial charge in [-0.1, -0.05) is 65.4 Å². The normalized spacial score (nSPS) is 26.5. The van der Waals surface area contributed by atoms with E-state index in [1.807, 2.05) is 20.8 Å². The lowest BCUT2D eigenvalue weighted by Crippen LogP contribution is -2.63. The number of likely N-dealkylation sites (tertiary alicyclic amines) is 1. The molecule has 4 saturated carbocycles. The van der Waals surface area contributed by atoms with E-state index in [1.165, 1.54) is 0 Å². The van der Waals surface area contributed by atoms with Crippen LogP contribution in [-0.2, 0) is 29.0 Å². The maximum Gasteiger partial charge on any atom is 0.315 e. The van der Waals surface area contributed by atoms with Gasteiger partial charge in [-0.3, -0.25) is 19.2 Å². The van der Waals surface area contributed by atoms with Crippen molar-refractivity contribution < 1.29 is 32.4 Å². The molecule has 10 nitrogen and oxygen atoms in total. The van der Waals surface area contributed by atoms with Gasteiger partial charge in [0.1, 0.15) is 6.04 Å². The summed E-state index contributed by atoms with van der Waals surface area (Å²) < 4.78 is 25.8. The molecule has 0 aromatic carbocycles. The predicted octanol–water partition coefficient (Wildman–Crippen LogP) is 6.50. The van der Waals surface area contributed by atoms with E-state index < -0.39 is 61.1 Å². The summed E-state index contributed by atoms with van der Waals surface area (Å²) in [7, 11) is -3.56. The van der Waals surface area contributed by atoms with Crippen LogP contribution in [0.4, 0.5) is 4.79 Å². The predicted molar refractivity (Wildman–Crippen MR) is 202 cm³/mol. The maximum atomic E-state index is 14.8. The number of rotatable bonds is 15. The number of carbonyl (C=O) groups excluding carboxylic acids is 5. The van der Waals surface area contributed by atoms with Gasteiger partial charge in [-0.2, -0.15) is 0 Å². The Labute approximate surface area is 312 Å². The number of hydrogen-bond acceptors (Lipinski definition) is 7. The Balaban J connectivity index is 1.38. The summed E-state index contributed by atoms with van der Waals surface area (Å²) in [4.78, 5) is 71.4. The highest BCUT2D eigenvalue weighted by molar-refractivity contribution is 7.92. The van der Waals surface area contributed by atoms with Gasteiger partial charge in [-0.25, -0.2) is 13.2 Å². The summed E-state index contributed by atoms with van der Waals surface area (Å²) >= 11 is 0. The number of urea groups is 1. The fraction of sp³-hybridized carbons (Fsp3) is 0.829. The molecule has 1 spiro atoms. The summed E-state index contributed by atoms with van der Waals surface area (Å²) in [5.41, 5.74) is -1.52. The van der Waals surface area contributed by atoms with Crippen molar-refractivity contribution in [3.8, 4) is 0 Å². The summed E-state index contributed by atoms with van der Waals surface area (Å²) in [6.07, 6.45) is 13.3. The van der Waals surface area contributed by atoms with E-state index in [-0.39, 0.29) is 47.5 Å². The van der Waals surface area contributed by atoms with Crippen LogP contribution < -0.4 is 10.6 Å². The monoisotopic (exact) mass is 743 g/mol. The zero-order valence-corrected chi connectivity index (χ0v) is 33.5. The molecular formula is C41H65N3O7S. The van der Waals surface area contributed by atoms with E-state index in [0.29, 0.717) is 38.1 Å². The second kappa shape index (κ2) is 15.3. The van der Waals surface area contributed by atoms with E-state index in [9.17, 15) is 32.4 Å². The Hall–Kier alpha value is -2.56. The van der Waals surface area contributed by atoms with Crippen molar-refractivity contribution in [3.05, 3.63) is 12.7 Å². The first-order chi connectivity index (χ1) is 24.2. The van der Waals surface area contributed by atoms with Crippen molar-refractivity contribution in [3.63, 3.8) is 0 Å². The minimum absolute atomic E-state index is 0.0163. The third-order valence-corrected chi connectivity index (χ3v) is 16.2. The molecule has 1 saturated heterocycles. The fourth-order valence-electron chi connectivity index (χ4n) is 9.68. The Morgan fingerprint density at radius 3 is 2.10 bits per heavy atom. The number of Topliss-reactive ketones (excluding diaryl/α,β-unsaturated/α-hetero) is 3. The second-order valence-electron chi connectivity index (χ2n) is 19.2. The number of sulfone groups is 1. The molecule has 52 heavy (non-hydrogen) atoms. The number of nitrogens with one attached hydrogen (secondary N) is 2. The van der Waals surface area contributed by atoms with Gasteiger partial charge in [0.05, 0.1) is 22.1 Å². The van der Waals surface area contributed by atoms with E-state index in [1.54, 1.807) is 31.7 Å². The number of ketones is 3. The number of allylic oxidation sites excluding steroid dienone is 1. The Bertz CT molecular complexity index is 1510. The van der Waals surface area contributed by atoms with E-state index in [2.05, 4.69) is 17.2 Å². The van der Waals surface area contributed by atoms with Gasteiger partial charge in [-0.05, 0) is 101 Å². The molecule has 2 N–H and O–H groups in total. The molecule has 5 atom stereocenters. The van der Waals surface area contributed by atoms with Gasteiger partial charge in [0.25, 0.3) is 0 Å². The summed E-state index contributed by atoms with van der Waals surface area (Å²) in [5.74, 6) is -1.79. The molecule has 1 heterocycles. The fourth-order valence-corrected chi connectivity index (χ4v) is 11.2. The lowest BCUT2D eigenvalue weighted by Gasteiger charge is -2.41. The molecule has 0 radical (unpaired) electrons. The standard InChI is InChI=1S/C41H65N3O7S/c1-8-9-16-31(45)34(47)28(23-27-14-13-15-27)24-32(46)33-29-17-20-40(21-22-40)30(29)25-44(33)36(48)35(38(2,3)4)42-37(49)43-41(18-11-10-12-19-41)26-52(50,51)39(5,6)7/h8,27-30,33,35H,1,9-26H2,2-7H3,(H2,42,43,49)/t28?,29-,30-,33-,35+/m0/s1. The first-order valence-electron chi connectivity index (χ1n) is 20.0. The molecule has 5 aliphatic rings. The molecule has 5 rings (SSSR count). The van der Waals surface area contributed by atoms with Crippen LogP contribution in [-0.4, -0.2) is 77.3 Å². The highest BCUT2D eigenvalue weighted by atomic mass is 32.2. The van der Waals surface area contributed by atoms with Crippen molar-refractivity contribution in [2.75, 3.05) is 12.3 Å². The smallest absolute Gasteiger partial charge is 0.315 e. The first-order valence-corrected chi connectivity index (χ1v) is 21.7. The topological polar surface area (TPSA) is 147 Å². The molecule has 1 aliphatic heterocycles. The van der Waals surface area contributed by atoms with Crippen LogP contribution in [0.3, 0.4) is 0 Å². The Morgan fingerprint density at radius 2 is 1.56 bits per heavy atom. The van der Waals surface area contributed by atoms with Crippen molar-refractivity contribution >= 4 is 39.1 Å². The molecule has 5 fully saturated rings. The van der Waals surface area contributed by atoms with Crippen molar-refractivity contribution in [1.29, 1.82) is 0 Å². The Kier molecular flexibility index (Phi) is 11.9. The van der Waals surface area contributed by atoms with E-state index in [0.717, 1.165) is 64.2 Å². The number of fused-ring (bicyclic) bond motifs is 2. The number of carbonyl (C=O) groups is 5. The van der Waals surface area contributed by atoms with Crippen LogP contribution in [0, 0.1) is 34.5 Å². The zero-order chi connectivity index (χ0) is 38.3. The molecular weight excluding hydrogens is 679 g/mol. The Morgan fingerprint density at radius 1 is 0.904 bits per heavy atom. The van der Waals surface area contributed by atoms with Crippen LogP contribution in [0.2, 0.25) is 0 Å². The average Bonchev–Trinajstić information content (AvgIpc) is 3.60. The highest BCUT2D eigenvalue weighted by Gasteiger charge is 2.64. The SMILES string of the molecule is C=CCCC(=O)C(=O)C(CC(=O)[C@@H]1[C@H]2CCC3(CC3)[C@H]2CN1C(=O)[C@@H](NC(=O)NC1(CS(=O)(=O)C(C)(C)C)CCCCC1)C(C)(C)C)CC1CCC1. The average molecular weight is 744 g/mol. The molecule has 11 heteroatoms. The highest BCUT2D eigenvalue weighted by Crippen LogP contribution is 2.66. The quantitative estimate of drug-likeness (QED) is 0.144. The number of amides is 3. The van der Waals surface area contributed by atoms with Gasteiger partial charge in [0, 0.05) is 25.3 Å². The van der Waals surface area contributed by atoms with E-state index in [4.69, 9.17) is 0 Å². The minimum Gasteiger partial charge on any atom is -0.332 e. The lowest BCUT2D eigenvalue weighted by molar-refractivity contribution is -0.144.